The number of carbonyl (C=O) groups excluding carboxylic acids is 2. The highest BCUT2D eigenvalue weighted by atomic mass is 32.1. The number of β-amino-alcohol motifs (C(OH)–C–C–N with tert-alkyl or cyclic N) is 1. The maximum absolute atomic E-state index is 13.5. The van der Waals surface area contributed by atoms with Gasteiger partial charge in [-0.15, -0.1) is 5.10 Å². The van der Waals surface area contributed by atoms with Crippen molar-refractivity contribution >= 4 is 55.5 Å². The Labute approximate surface area is 248 Å². The third-order valence-corrected chi connectivity index (χ3v) is 9.52. The first-order chi connectivity index (χ1) is 20.2. The second-order valence-corrected chi connectivity index (χ2v) is 12.2. The molecule has 15 heteroatoms. The van der Waals surface area contributed by atoms with Gasteiger partial charge in [-0.25, -0.2) is 14.4 Å². The molecular weight excluding hydrogens is 581 g/mol. The average molecular weight is 610 g/mol. The maximum atomic E-state index is 13.5. The van der Waals surface area contributed by atoms with Crippen molar-refractivity contribution in [2.24, 2.45) is 0 Å². The number of nitrogens with zero attached hydrogens (tertiary/aromatic N) is 9. The number of aliphatic hydroxyl groups is 1. The predicted octanol–water partition coefficient (Wildman–Crippen LogP) is 2.50. The second kappa shape index (κ2) is 11.0. The molecule has 3 aromatic heterocycles. The first-order valence-corrected chi connectivity index (χ1v) is 15.1. The summed E-state index contributed by atoms with van der Waals surface area (Å²) in [5.74, 6) is 0.0836. The Morgan fingerprint density at radius 2 is 1.95 bits per heavy atom. The smallest absolute Gasteiger partial charge is 0.246 e. The molecule has 1 N–H and O–H groups in total. The molecule has 2 aliphatic rings. The average Bonchev–Trinajstić information content (AvgIpc) is 3.72. The Kier molecular flexibility index (Phi) is 7.39. The fourth-order valence-corrected chi connectivity index (χ4v) is 7.02. The number of aromatic nitrogens is 4. The van der Waals surface area contributed by atoms with Crippen LogP contribution in [0.3, 0.4) is 0 Å². The van der Waals surface area contributed by atoms with Gasteiger partial charge in [0.25, 0.3) is 0 Å². The summed E-state index contributed by atoms with van der Waals surface area (Å²) >= 11 is 2.53. The topological polar surface area (TPSA) is 134 Å². The molecule has 0 saturated carbocycles. The minimum absolute atomic E-state index is 0.103. The fraction of sp³-hybridized carbons (Fsp3) is 0.407. The summed E-state index contributed by atoms with van der Waals surface area (Å²) in [6.45, 7) is 3.22. The van der Waals surface area contributed by atoms with Crippen molar-refractivity contribution in [3.8, 4) is 17.3 Å². The molecule has 42 heavy (non-hydrogen) atoms. The van der Waals surface area contributed by atoms with Gasteiger partial charge in [-0.3, -0.25) is 19.4 Å². The van der Waals surface area contributed by atoms with Gasteiger partial charge >= 0.3 is 0 Å². The molecule has 218 valence electrons. The van der Waals surface area contributed by atoms with E-state index in [1.165, 1.54) is 34.8 Å². The molecule has 12 nitrogen and oxygen atoms in total. The molecule has 0 spiro atoms. The number of nitriles is 1. The van der Waals surface area contributed by atoms with Crippen LogP contribution in [-0.4, -0.2) is 98.7 Å². The van der Waals surface area contributed by atoms with Crippen LogP contribution in [0.15, 0.2) is 24.3 Å². The van der Waals surface area contributed by atoms with Gasteiger partial charge in [-0.1, -0.05) is 29.6 Å². The highest BCUT2D eigenvalue weighted by molar-refractivity contribution is 7.20. The van der Waals surface area contributed by atoms with Crippen LogP contribution < -0.4 is 9.80 Å². The number of fused-ring (bicyclic) bond motifs is 1. The maximum Gasteiger partial charge on any atom is 0.246 e. The molecule has 2 aliphatic heterocycles. The van der Waals surface area contributed by atoms with Crippen molar-refractivity contribution in [2.75, 3.05) is 50.1 Å². The largest absolute Gasteiger partial charge is 0.389 e. The Balaban J connectivity index is 1.25. The van der Waals surface area contributed by atoms with E-state index < -0.39 is 12.1 Å². The first kappa shape index (κ1) is 28.2. The van der Waals surface area contributed by atoms with Gasteiger partial charge in [0.1, 0.15) is 22.5 Å². The molecule has 0 radical (unpaired) electrons. The summed E-state index contributed by atoms with van der Waals surface area (Å²) in [6.07, 6.45) is 0.719. The minimum Gasteiger partial charge on any atom is -0.389 e. The van der Waals surface area contributed by atoms with Crippen molar-refractivity contribution in [2.45, 2.75) is 31.9 Å². The summed E-state index contributed by atoms with van der Waals surface area (Å²) in [5.41, 5.74) is 1.91. The Hall–Kier alpha value is -3.97. The number of aryl methyl sites for hydroxylation is 1. The van der Waals surface area contributed by atoms with Crippen molar-refractivity contribution < 1.29 is 19.1 Å². The van der Waals surface area contributed by atoms with E-state index in [4.69, 9.17) is 15.1 Å². The van der Waals surface area contributed by atoms with E-state index in [1.54, 1.807) is 38.4 Å². The van der Waals surface area contributed by atoms with Gasteiger partial charge in [0.2, 0.25) is 21.9 Å². The van der Waals surface area contributed by atoms with E-state index in [0.29, 0.717) is 69.7 Å². The number of halogens is 1. The first-order valence-electron chi connectivity index (χ1n) is 13.4. The molecule has 1 atom stereocenters. The number of likely N-dealkylation sites (N-methyl/N-ethyl adjacent to an activating group) is 1. The normalized spacial score (nSPS) is 17.4. The Morgan fingerprint density at radius 3 is 2.62 bits per heavy atom. The summed E-state index contributed by atoms with van der Waals surface area (Å²) in [4.78, 5) is 43.2. The number of rotatable bonds is 8. The van der Waals surface area contributed by atoms with Crippen molar-refractivity contribution in [3.05, 3.63) is 40.7 Å². The zero-order valence-electron chi connectivity index (χ0n) is 23.2. The lowest BCUT2D eigenvalue weighted by Crippen LogP contribution is -2.56. The second-order valence-electron chi connectivity index (χ2n) is 10.3. The number of likely N-dealkylation sites (tertiary alicyclic amines) is 1. The molecule has 1 unspecified atom stereocenters. The third-order valence-electron chi connectivity index (χ3n) is 7.55. The number of imidazole rings is 1. The van der Waals surface area contributed by atoms with Crippen LogP contribution in [0.4, 0.5) is 20.5 Å². The quantitative estimate of drug-likeness (QED) is 0.320. The van der Waals surface area contributed by atoms with Crippen LogP contribution in [0.5, 0.6) is 0 Å². The standard InChI is InChI=1S/C27H28FN9O3S2/c1-4-18-23(34(3)25-31-22(20(11-29)41-25)15-5-7-16(28)8-6-15)37-26(30-18)42-27(32-37)36-10-9-19(24(36)40)33(2)14-21(39)35-12-17(38)13-35/h5-8,17,19,38H,4,9-10,12-14H2,1-3H3. The highest BCUT2D eigenvalue weighted by Gasteiger charge is 2.39. The lowest BCUT2D eigenvalue weighted by Gasteiger charge is -2.37. The lowest BCUT2D eigenvalue weighted by molar-refractivity contribution is -0.143. The van der Waals surface area contributed by atoms with Gasteiger partial charge in [0.05, 0.1) is 24.4 Å². The molecule has 5 heterocycles. The Bertz CT molecular complexity index is 1700. The summed E-state index contributed by atoms with van der Waals surface area (Å²) in [5, 5.41) is 25.1. The lowest BCUT2D eigenvalue weighted by atomic mass is 10.1. The van der Waals surface area contributed by atoms with Crippen LogP contribution in [-0.2, 0) is 16.0 Å². The number of aliphatic hydroxyl groups excluding tert-OH is 1. The number of thiazole rings is 1. The fourth-order valence-electron chi connectivity index (χ4n) is 5.22. The van der Waals surface area contributed by atoms with Gasteiger partial charge in [-0.05, 0) is 44.2 Å². The zero-order valence-corrected chi connectivity index (χ0v) is 24.8. The van der Waals surface area contributed by atoms with Crippen LogP contribution in [0.2, 0.25) is 0 Å². The monoisotopic (exact) mass is 609 g/mol. The molecular formula is C27H28FN9O3S2. The summed E-state index contributed by atoms with van der Waals surface area (Å²) in [6, 6.07) is 7.61. The number of hydrogen-bond donors (Lipinski definition) is 1. The van der Waals surface area contributed by atoms with Crippen LogP contribution in [0.1, 0.15) is 23.9 Å². The molecule has 6 rings (SSSR count). The molecule has 4 aromatic rings. The van der Waals surface area contributed by atoms with Gasteiger partial charge < -0.3 is 14.9 Å². The van der Waals surface area contributed by atoms with Crippen molar-refractivity contribution in [1.82, 2.24) is 29.4 Å². The molecule has 2 amide bonds. The van der Waals surface area contributed by atoms with E-state index in [1.807, 2.05) is 18.9 Å². The molecule has 0 bridgehead atoms. The number of anilines is 3. The molecule has 2 saturated heterocycles. The number of amides is 2. The summed E-state index contributed by atoms with van der Waals surface area (Å²) in [7, 11) is 3.59. The van der Waals surface area contributed by atoms with Crippen LogP contribution >= 0.6 is 22.7 Å². The van der Waals surface area contributed by atoms with Crippen molar-refractivity contribution in [1.29, 1.82) is 5.26 Å². The number of carbonyl (C=O) groups is 2. The minimum atomic E-state index is -0.468. The van der Waals surface area contributed by atoms with E-state index in [0.717, 1.165) is 5.69 Å². The SMILES string of the molecule is CCc1nc2sc(N3CCC(N(C)CC(=O)N4CC(O)C4)C3=O)nn2c1N(C)c1nc(-c2ccc(F)cc2)c(C#N)s1. The van der Waals surface area contributed by atoms with E-state index in [2.05, 4.69) is 6.07 Å². The van der Waals surface area contributed by atoms with Crippen LogP contribution in [0, 0.1) is 17.1 Å². The highest BCUT2D eigenvalue weighted by Crippen LogP contribution is 2.38. The van der Waals surface area contributed by atoms with Gasteiger partial charge in [0, 0.05) is 32.2 Å². The zero-order chi connectivity index (χ0) is 29.7. The molecule has 1 aromatic carbocycles. The molecule has 2 fully saturated rings. The van der Waals surface area contributed by atoms with Gasteiger partial charge in [-0.2, -0.15) is 9.78 Å². The van der Waals surface area contributed by atoms with E-state index >= 15 is 0 Å². The Morgan fingerprint density at radius 1 is 1.21 bits per heavy atom. The van der Waals surface area contributed by atoms with E-state index in [-0.39, 0.29) is 24.2 Å². The van der Waals surface area contributed by atoms with Crippen molar-refractivity contribution in [3.63, 3.8) is 0 Å². The predicted molar refractivity (Wildman–Crippen MR) is 157 cm³/mol. The number of hydrogen-bond acceptors (Lipinski definition) is 11. The van der Waals surface area contributed by atoms with Crippen LogP contribution in [0.25, 0.3) is 16.2 Å². The molecule has 0 aliphatic carbocycles. The van der Waals surface area contributed by atoms with E-state index in [9.17, 15) is 24.3 Å². The van der Waals surface area contributed by atoms with Gasteiger partial charge in [0.15, 0.2) is 10.9 Å². The third kappa shape index (κ3) is 4.90. The number of benzene rings is 1. The summed E-state index contributed by atoms with van der Waals surface area (Å²) < 4.78 is 15.2.